The summed E-state index contributed by atoms with van der Waals surface area (Å²) < 4.78 is 0. The van der Waals surface area contributed by atoms with E-state index in [0.29, 0.717) is 0 Å². The fourth-order valence-corrected chi connectivity index (χ4v) is 2.01. The number of aliphatic hydroxyl groups excluding tert-OH is 1. The smallest absolute Gasteiger partial charge is 0.0880 e. The zero-order chi connectivity index (χ0) is 10.7. The van der Waals surface area contributed by atoms with Crippen molar-refractivity contribution < 1.29 is 5.11 Å². The zero-order valence-electron chi connectivity index (χ0n) is 9.87. The van der Waals surface area contributed by atoms with Crippen LogP contribution in [0.3, 0.4) is 0 Å². The third kappa shape index (κ3) is 4.36. The number of nitrogens with zero attached hydrogens (tertiary/aromatic N) is 1. The number of likely N-dealkylation sites (tertiary alicyclic amines) is 1. The lowest BCUT2D eigenvalue weighted by Gasteiger charge is -2.17. The number of hydrogen-bond donors (Lipinski definition) is 2. The molecule has 0 radical (unpaired) electrons. The van der Waals surface area contributed by atoms with E-state index in [-0.39, 0.29) is 37.0 Å². The van der Waals surface area contributed by atoms with Crippen LogP contribution in [0.15, 0.2) is 30.3 Å². The van der Waals surface area contributed by atoms with Gasteiger partial charge in [-0.25, -0.2) is 0 Å². The van der Waals surface area contributed by atoms with E-state index in [9.17, 15) is 5.11 Å². The van der Waals surface area contributed by atoms with Crippen LogP contribution in [-0.2, 0) is 0 Å². The van der Waals surface area contributed by atoms with Crippen molar-refractivity contribution in [3.8, 4) is 0 Å². The summed E-state index contributed by atoms with van der Waals surface area (Å²) in [4.78, 5) is 2.26. The van der Waals surface area contributed by atoms with Crippen molar-refractivity contribution in [2.24, 2.45) is 0 Å². The molecule has 0 amide bonds. The van der Waals surface area contributed by atoms with Crippen molar-refractivity contribution in [3.63, 3.8) is 0 Å². The number of rotatable bonds is 3. The van der Waals surface area contributed by atoms with Gasteiger partial charge in [-0.3, -0.25) is 4.90 Å². The van der Waals surface area contributed by atoms with Gasteiger partial charge in [0, 0.05) is 18.8 Å². The number of likely N-dealkylation sites (N-methyl/N-ethyl adjacent to an activating group) is 1. The zero-order valence-corrected chi connectivity index (χ0v) is 11.5. The van der Waals surface area contributed by atoms with Crippen molar-refractivity contribution in [3.05, 3.63) is 30.3 Å². The SMILES string of the molecule is CCN1C[C@@H](O)[C@H](Nc2ccccc2)C1.Cl.Cl. The van der Waals surface area contributed by atoms with Gasteiger partial charge in [-0.15, -0.1) is 24.8 Å². The van der Waals surface area contributed by atoms with Gasteiger partial charge in [-0.2, -0.15) is 0 Å². The van der Waals surface area contributed by atoms with Crippen LogP contribution in [0.5, 0.6) is 0 Å². The number of para-hydroxylation sites is 1. The molecule has 1 aromatic rings. The summed E-state index contributed by atoms with van der Waals surface area (Å²) in [5.74, 6) is 0. The van der Waals surface area contributed by atoms with Gasteiger partial charge >= 0.3 is 0 Å². The van der Waals surface area contributed by atoms with Crippen molar-refractivity contribution in [1.82, 2.24) is 4.90 Å². The molecule has 0 spiro atoms. The summed E-state index contributed by atoms with van der Waals surface area (Å²) in [6.45, 7) is 4.83. The first kappa shape index (κ1) is 16.5. The van der Waals surface area contributed by atoms with Crippen LogP contribution >= 0.6 is 24.8 Å². The molecule has 17 heavy (non-hydrogen) atoms. The molecular formula is C12H20Cl2N2O. The number of benzene rings is 1. The molecule has 1 heterocycles. The summed E-state index contributed by atoms with van der Waals surface area (Å²) in [5.41, 5.74) is 1.08. The van der Waals surface area contributed by atoms with Crippen LogP contribution in [0.1, 0.15) is 6.92 Å². The van der Waals surface area contributed by atoms with E-state index in [1.165, 1.54) is 0 Å². The Bertz CT molecular complexity index is 311. The van der Waals surface area contributed by atoms with Gasteiger partial charge in [-0.1, -0.05) is 25.1 Å². The van der Waals surface area contributed by atoms with E-state index < -0.39 is 0 Å². The molecule has 1 aromatic carbocycles. The van der Waals surface area contributed by atoms with Crippen LogP contribution in [0.2, 0.25) is 0 Å². The quantitative estimate of drug-likeness (QED) is 0.888. The Balaban J connectivity index is 0.00000128. The number of hydrogen-bond acceptors (Lipinski definition) is 3. The van der Waals surface area contributed by atoms with Crippen LogP contribution in [0.4, 0.5) is 5.69 Å². The highest BCUT2D eigenvalue weighted by atomic mass is 35.5. The lowest BCUT2D eigenvalue weighted by Crippen LogP contribution is -2.31. The Kier molecular flexibility index (Phi) is 7.55. The minimum atomic E-state index is -0.259. The van der Waals surface area contributed by atoms with Crippen LogP contribution in [0.25, 0.3) is 0 Å². The Morgan fingerprint density at radius 1 is 1.24 bits per heavy atom. The summed E-state index contributed by atoms with van der Waals surface area (Å²) in [7, 11) is 0. The first-order chi connectivity index (χ1) is 7.29. The molecular weight excluding hydrogens is 259 g/mol. The molecule has 1 saturated heterocycles. The maximum atomic E-state index is 9.85. The molecule has 0 unspecified atom stereocenters. The summed E-state index contributed by atoms with van der Waals surface area (Å²) >= 11 is 0. The average molecular weight is 279 g/mol. The molecule has 0 aromatic heterocycles. The van der Waals surface area contributed by atoms with Crippen molar-refractivity contribution >= 4 is 30.5 Å². The number of aliphatic hydroxyl groups is 1. The molecule has 3 nitrogen and oxygen atoms in total. The van der Waals surface area contributed by atoms with E-state index in [4.69, 9.17) is 0 Å². The molecule has 2 rings (SSSR count). The van der Waals surface area contributed by atoms with Crippen molar-refractivity contribution in [2.75, 3.05) is 25.0 Å². The maximum absolute atomic E-state index is 9.85. The Labute approximate surface area is 115 Å². The largest absolute Gasteiger partial charge is 0.390 e. The van der Waals surface area contributed by atoms with E-state index in [1.807, 2.05) is 30.3 Å². The normalized spacial score (nSPS) is 23.6. The minimum absolute atomic E-state index is 0. The molecule has 1 fully saturated rings. The molecule has 0 saturated carbocycles. The third-order valence-corrected chi connectivity index (χ3v) is 2.94. The van der Waals surface area contributed by atoms with Gasteiger partial charge in [0.2, 0.25) is 0 Å². The standard InChI is InChI=1S/C12H18N2O.2ClH/c1-2-14-8-11(12(15)9-14)13-10-6-4-3-5-7-10;;/h3-7,11-13,15H,2,8-9H2,1H3;2*1H/t11-,12-;;/m1../s1. The lowest BCUT2D eigenvalue weighted by molar-refractivity contribution is 0.171. The third-order valence-electron chi connectivity index (χ3n) is 2.94. The fourth-order valence-electron chi connectivity index (χ4n) is 2.01. The first-order valence-electron chi connectivity index (χ1n) is 5.51. The van der Waals surface area contributed by atoms with Crippen molar-refractivity contribution in [1.29, 1.82) is 0 Å². The highest BCUT2D eigenvalue weighted by molar-refractivity contribution is 5.85. The van der Waals surface area contributed by atoms with Crippen LogP contribution in [0, 0.1) is 0 Å². The Hall–Kier alpha value is -0.480. The second kappa shape index (κ2) is 7.77. The molecule has 2 atom stereocenters. The second-order valence-corrected chi connectivity index (χ2v) is 4.04. The number of halogens is 2. The van der Waals surface area contributed by atoms with Gasteiger partial charge in [-0.05, 0) is 18.7 Å². The average Bonchev–Trinajstić information content (AvgIpc) is 2.61. The predicted octanol–water partition coefficient (Wildman–Crippen LogP) is 2.01. The number of nitrogens with one attached hydrogen (secondary N) is 1. The summed E-state index contributed by atoms with van der Waals surface area (Å²) in [5, 5.41) is 13.2. The van der Waals surface area contributed by atoms with E-state index in [0.717, 1.165) is 25.3 Å². The molecule has 2 N–H and O–H groups in total. The minimum Gasteiger partial charge on any atom is -0.390 e. The van der Waals surface area contributed by atoms with E-state index >= 15 is 0 Å². The van der Waals surface area contributed by atoms with E-state index in [1.54, 1.807) is 0 Å². The molecule has 1 aliphatic rings. The highest BCUT2D eigenvalue weighted by Crippen LogP contribution is 2.15. The Morgan fingerprint density at radius 2 is 1.88 bits per heavy atom. The maximum Gasteiger partial charge on any atom is 0.0880 e. The van der Waals surface area contributed by atoms with Gasteiger partial charge in [0.05, 0.1) is 12.1 Å². The van der Waals surface area contributed by atoms with Gasteiger partial charge in [0.25, 0.3) is 0 Å². The molecule has 0 bridgehead atoms. The lowest BCUT2D eigenvalue weighted by atomic mass is 10.2. The monoisotopic (exact) mass is 278 g/mol. The first-order valence-corrected chi connectivity index (χ1v) is 5.51. The van der Waals surface area contributed by atoms with Gasteiger partial charge in [0.1, 0.15) is 0 Å². The van der Waals surface area contributed by atoms with E-state index in [2.05, 4.69) is 17.1 Å². The number of anilines is 1. The van der Waals surface area contributed by atoms with Gasteiger partial charge in [0.15, 0.2) is 0 Å². The van der Waals surface area contributed by atoms with Crippen molar-refractivity contribution in [2.45, 2.75) is 19.1 Å². The highest BCUT2D eigenvalue weighted by Gasteiger charge is 2.29. The molecule has 98 valence electrons. The molecule has 1 aliphatic heterocycles. The second-order valence-electron chi connectivity index (χ2n) is 4.04. The van der Waals surface area contributed by atoms with Crippen LogP contribution < -0.4 is 5.32 Å². The Morgan fingerprint density at radius 3 is 2.41 bits per heavy atom. The number of β-amino-alcohol motifs (C(OH)–C–C–N with tert-alkyl or cyclic N) is 1. The summed E-state index contributed by atoms with van der Waals surface area (Å²) in [6.07, 6.45) is -0.259. The predicted molar refractivity (Wildman–Crippen MR) is 76.5 cm³/mol. The fraction of sp³-hybridized carbons (Fsp3) is 0.500. The molecule has 5 heteroatoms. The topological polar surface area (TPSA) is 35.5 Å². The summed E-state index contributed by atoms with van der Waals surface area (Å²) in [6, 6.07) is 10.2. The molecule has 0 aliphatic carbocycles. The van der Waals surface area contributed by atoms with Gasteiger partial charge < -0.3 is 10.4 Å². The van der Waals surface area contributed by atoms with Crippen LogP contribution in [-0.4, -0.2) is 41.8 Å².